The van der Waals surface area contributed by atoms with Gasteiger partial charge in [0.15, 0.2) is 0 Å². The van der Waals surface area contributed by atoms with E-state index in [2.05, 4.69) is 12.2 Å². The molecule has 1 saturated heterocycles. The first kappa shape index (κ1) is 11.9. The number of thioether (sulfide) groups is 1. The van der Waals surface area contributed by atoms with Crippen LogP contribution in [-0.2, 0) is 0 Å². The smallest absolute Gasteiger partial charge is 0.0575 e. The van der Waals surface area contributed by atoms with Crippen LogP contribution in [0.5, 0.6) is 0 Å². The van der Waals surface area contributed by atoms with Gasteiger partial charge in [0, 0.05) is 28.5 Å². The third-order valence-corrected chi connectivity index (χ3v) is 5.10. The first-order valence-corrected chi connectivity index (χ1v) is 7.05. The van der Waals surface area contributed by atoms with Gasteiger partial charge in [-0.3, -0.25) is 0 Å². The van der Waals surface area contributed by atoms with Gasteiger partial charge in [-0.15, -0.1) is 0 Å². The summed E-state index contributed by atoms with van der Waals surface area (Å²) in [5.74, 6) is 2.51. The minimum absolute atomic E-state index is 0.469. The average Bonchev–Trinajstić information content (AvgIpc) is 2.19. The standard InChI is InChI=1S/C12H17ClN2S/c1-2-12(7-16-8-12)6-15-11-4-3-9(13)5-10(11)14/h3-5,15H,2,6-8,14H2,1H3. The van der Waals surface area contributed by atoms with E-state index in [1.807, 2.05) is 23.9 Å². The molecule has 0 unspecified atom stereocenters. The van der Waals surface area contributed by atoms with Gasteiger partial charge in [-0.25, -0.2) is 0 Å². The summed E-state index contributed by atoms with van der Waals surface area (Å²) in [6.45, 7) is 3.26. The Morgan fingerprint density at radius 1 is 1.50 bits per heavy atom. The van der Waals surface area contributed by atoms with E-state index < -0.39 is 0 Å². The molecule has 0 saturated carbocycles. The lowest BCUT2D eigenvalue weighted by Crippen LogP contribution is -2.41. The van der Waals surface area contributed by atoms with Gasteiger partial charge in [0.05, 0.1) is 11.4 Å². The minimum Gasteiger partial charge on any atom is -0.397 e. The topological polar surface area (TPSA) is 38.0 Å². The fraction of sp³-hybridized carbons (Fsp3) is 0.500. The van der Waals surface area contributed by atoms with E-state index in [-0.39, 0.29) is 0 Å². The van der Waals surface area contributed by atoms with E-state index in [0.717, 1.165) is 17.9 Å². The summed E-state index contributed by atoms with van der Waals surface area (Å²) in [7, 11) is 0. The molecule has 0 aliphatic carbocycles. The van der Waals surface area contributed by atoms with Crippen molar-refractivity contribution in [2.45, 2.75) is 13.3 Å². The molecule has 16 heavy (non-hydrogen) atoms. The van der Waals surface area contributed by atoms with Crippen LogP contribution in [0.3, 0.4) is 0 Å². The van der Waals surface area contributed by atoms with Gasteiger partial charge in [-0.1, -0.05) is 18.5 Å². The van der Waals surface area contributed by atoms with Crippen molar-refractivity contribution in [1.82, 2.24) is 0 Å². The highest BCUT2D eigenvalue weighted by atomic mass is 35.5. The SMILES string of the molecule is CCC1(CNc2ccc(Cl)cc2N)CSC1. The molecule has 1 aliphatic rings. The summed E-state index contributed by atoms with van der Waals surface area (Å²) in [5, 5.41) is 4.12. The van der Waals surface area contributed by atoms with Crippen LogP contribution in [0.1, 0.15) is 13.3 Å². The number of hydrogen-bond donors (Lipinski definition) is 2. The summed E-state index contributed by atoms with van der Waals surface area (Å²) < 4.78 is 0. The van der Waals surface area contributed by atoms with E-state index >= 15 is 0 Å². The van der Waals surface area contributed by atoms with Crippen molar-refractivity contribution in [3.8, 4) is 0 Å². The summed E-state index contributed by atoms with van der Waals surface area (Å²) in [6, 6.07) is 5.61. The second-order valence-electron chi connectivity index (χ2n) is 4.43. The largest absolute Gasteiger partial charge is 0.397 e. The van der Waals surface area contributed by atoms with Gasteiger partial charge in [-0.05, 0) is 24.6 Å². The molecule has 88 valence electrons. The lowest BCUT2D eigenvalue weighted by atomic mass is 9.88. The summed E-state index contributed by atoms with van der Waals surface area (Å²) in [5.41, 5.74) is 8.09. The summed E-state index contributed by atoms with van der Waals surface area (Å²) in [6.07, 6.45) is 1.22. The average molecular weight is 257 g/mol. The molecule has 0 radical (unpaired) electrons. The maximum atomic E-state index is 5.90. The normalized spacial score (nSPS) is 17.9. The van der Waals surface area contributed by atoms with Gasteiger partial charge in [0.2, 0.25) is 0 Å². The Balaban J connectivity index is 1.99. The van der Waals surface area contributed by atoms with Crippen LogP contribution in [0, 0.1) is 5.41 Å². The Kier molecular flexibility index (Phi) is 3.55. The molecular weight excluding hydrogens is 240 g/mol. The van der Waals surface area contributed by atoms with E-state index in [1.165, 1.54) is 17.9 Å². The molecule has 4 heteroatoms. The van der Waals surface area contributed by atoms with Crippen LogP contribution >= 0.6 is 23.4 Å². The zero-order valence-electron chi connectivity index (χ0n) is 9.42. The van der Waals surface area contributed by atoms with Crippen LogP contribution in [0.15, 0.2) is 18.2 Å². The monoisotopic (exact) mass is 256 g/mol. The molecule has 0 spiro atoms. The molecule has 2 nitrogen and oxygen atoms in total. The number of halogens is 1. The van der Waals surface area contributed by atoms with Crippen molar-refractivity contribution in [3.05, 3.63) is 23.2 Å². The molecule has 2 rings (SSSR count). The first-order valence-electron chi connectivity index (χ1n) is 5.52. The third kappa shape index (κ3) is 2.41. The van der Waals surface area contributed by atoms with E-state index in [9.17, 15) is 0 Å². The van der Waals surface area contributed by atoms with Crippen molar-refractivity contribution in [3.63, 3.8) is 0 Å². The fourth-order valence-corrected chi connectivity index (χ4v) is 3.37. The molecule has 0 bridgehead atoms. The lowest BCUT2D eigenvalue weighted by molar-refractivity contribution is 0.371. The van der Waals surface area contributed by atoms with Crippen LogP contribution in [-0.4, -0.2) is 18.1 Å². The van der Waals surface area contributed by atoms with Gasteiger partial charge in [-0.2, -0.15) is 11.8 Å². The van der Waals surface area contributed by atoms with Gasteiger partial charge >= 0.3 is 0 Å². The molecule has 0 aromatic heterocycles. The molecular formula is C12H17ClN2S. The first-order chi connectivity index (χ1) is 7.65. The van der Waals surface area contributed by atoms with Crippen LogP contribution < -0.4 is 11.1 Å². The van der Waals surface area contributed by atoms with Gasteiger partial charge < -0.3 is 11.1 Å². The Morgan fingerprint density at radius 3 is 2.75 bits per heavy atom. The highest BCUT2D eigenvalue weighted by Gasteiger charge is 2.35. The highest BCUT2D eigenvalue weighted by Crippen LogP contribution is 2.41. The summed E-state index contributed by atoms with van der Waals surface area (Å²) >= 11 is 7.88. The Bertz CT molecular complexity index is 372. The van der Waals surface area contributed by atoms with Crippen molar-refractivity contribution in [2.75, 3.05) is 29.1 Å². The van der Waals surface area contributed by atoms with Crippen molar-refractivity contribution in [2.24, 2.45) is 5.41 Å². The van der Waals surface area contributed by atoms with Crippen LogP contribution in [0.2, 0.25) is 5.02 Å². The van der Waals surface area contributed by atoms with E-state index in [1.54, 1.807) is 6.07 Å². The van der Waals surface area contributed by atoms with Gasteiger partial charge in [0.25, 0.3) is 0 Å². The Labute approximate surface area is 106 Å². The van der Waals surface area contributed by atoms with Crippen molar-refractivity contribution >= 4 is 34.7 Å². The number of benzene rings is 1. The highest BCUT2D eigenvalue weighted by molar-refractivity contribution is 8.00. The lowest BCUT2D eigenvalue weighted by Gasteiger charge is -2.41. The molecule has 1 fully saturated rings. The number of rotatable bonds is 4. The maximum Gasteiger partial charge on any atom is 0.0575 e. The number of nitrogens with one attached hydrogen (secondary N) is 1. The number of nitrogens with two attached hydrogens (primary N) is 1. The quantitative estimate of drug-likeness (QED) is 0.810. The molecule has 1 aromatic carbocycles. The zero-order chi connectivity index (χ0) is 11.6. The third-order valence-electron chi connectivity index (χ3n) is 3.23. The number of anilines is 2. The molecule has 1 aromatic rings. The Hall–Kier alpha value is -0.540. The van der Waals surface area contributed by atoms with Crippen molar-refractivity contribution in [1.29, 1.82) is 0 Å². The maximum absolute atomic E-state index is 5.90. The minimum atomic E-state index is 0.469. The van der Waals surface area contributed by atoms with Gasteiger partial charge in [0.1, 0.15) is 0 Å². The molecule has 1 aliphatic heterocycles. The summed E-state index contributed by atoms with van der Waals surface area (Å²) in [4.78, 5) is 0. The predicted octanol–water partition coefficient (Wildman–Crippen LogP) is 3.48. The second-order valence-corrected chi connectivity index (χ2v) is 5.85. The molecule has 0 atom stereocenters. The van der Waals surface area contributed by atoms with Crippen LogP contribution in [0.4, 0.5) is 11.4 Å². The Morgan fingerprint density at radius 2 is 2.25 bits per heavy atom. The molecule has 0 amide bonds. The van der Waals surface area contributed by atoms with E-state index in [0.29, 0.717) is 10.4 Å². The number of nitrogen functional groups attached to an aromatic ring is 1. The van der Waals surface area contributed by atoms with E-state index in [4.69, 9.17) is 17.3 Å². The molecule has 1 heterocycles. The van der Waals surface area contributed by atoms with Crippen LogP contribution in [0.25, 0.3) is 0 Å². The predicted molar refractivity (Wildman–Crippen MR) is 74.4 cm³/mol. The fourth-order valence-electron chi connectivity index (χ4n) is 1.80. The van der Waals surface area contributed by atoms with Crippen molar-refractivity contribution < 1.29 is 0 Å². The zero-order valence-corrected chi connectivity index (χ0v) is 11.0. The second kappa shape index (κ2) is 4.76. The number of hydrogen-bond acceptors (Lipinski definition) is 3. The molecule has 3 N–H and O–H groups in total.